The summed E-state index contributed by atoms with van der Waals surface area (Å²) in [4.78, 5) is 18.7. The molecule has 1 aromatic heterocycles. The molecule has 3 rings (SSSR count). The Hall–Kier alpha value is -3.14. The number of hydrogen-bond acceptors (Lipinski definition) is 3. The molecule has 0 aliphatic carbocycles. The number of nitrogens with one attached hydrogen (secondary N) is 1. The zero-order valence-electron chi connectivity index (χ0n) is 14.4. The van der Waals surface area contributed by atoms with Gasteiger partial charge in [0.15, 0.2) is 0 Å². The maximum absolute atomic E-state index is 12.4. The Morgan fingerprint density at radius 1 is 1.00 bits per heavy atom. The summed E-state index contributed by atoms with van der Waals surface area (Å²) in [5.74, 6) is -0.174. The van der Waals surface area contributed by atoms with Crippen LogP contribution in [0.5, 0.6) is 0 Å². The normalized spacial score (nSPS) is 10.3. The maximum Gasteiger partial charge on any atom is 0.270 e. The molecule has 126 valence electrons. The second-order valence-corrected chi connectivity index (χ2v) is 5.90. The van der Waals surface area contributed by atoms with Gasteiger partial charge in [0.1, 0.15) is 5.69 Å². The Labute approximate surface area is 148 Å². The van der Waals surface area contributed by atoms with Crippen molar-refractivity contribution in [1.82, 2.24) is 10.3 Å². The number of nitrogens with zero attached hydrogens (tertiary/aromatic N) is 2. The SMILES string of the molecule is Cc1ccccc1CNC(=O)c1cc(N(C)c2ccccc2)ccn1. The van der Waals surface area contributed by atoms with Gasteiger partial charge in [-0.2, -0.15) is 0 Å². The fourth-order valence-corrected chi connectivity index (χ4v) is 2.63. The third-order valence-electron chi connectivity index (χ3n) is 4.21. The summed E-state index contributed by atoms with van der Waals surface area (Å²) in [5, 5.41) is 2.94. The minimum Gasteiger partial charge on any atom is -0.347 e. The number of carbonyl (C=O) groups is 1. The minimum absolute atomic E-state index is 0.174. The lowest BCUT2D eigenvalue weighted by Gasteiger charge is -2.19. The van der Waals surface area contributed by atoms with Crippen molar-refractivity contribution in [3.05, 3.63) is 89.7 Å². The quantitative estimate of drug-likeness (QED) is 0.766. The van der Waals surface area contributed by atoms with E-state index in [2.05, 4.69) is 10.3 Å². The summed E-state index contributed by atoms with van der Waals surface area (Å²) >= 11 is 0. The maximum atomic E-state index is 12.4. The van der Waals surface area contributed by atoms with Crippen LogP contribution in [0.3, 0.4) is 0 Å². The molecule has 0 saturated carbocycles. The van der Waals surface area contributed by atoms with Gasteiger partial charge in [0, 0.05) is 31.2 Å². The van der Waals surface area contributed by atoms with Gasteiger partial charge in [-0.05, 0) is 42.3 Å². The summed E-state index contributed by atoms with van der Waals surface area (Å²) in [6.07, 6.45) is 1.66. The first-order chi connectivity index (χ1) is 12.1. The number of benzene rings is 2. The molecule has 0 aliphatic heterocycles. The van der Waals surface area contributed by atoms with Crippen molar-refractivity contribution in [2.24, 2.45) is 0 Å². The van der Waals surface area contributed by atoms with Gasteiger partial charge >= 0.3 is 0 Å². The van der Waals surface area contributed by atoms with Crippen LogP contribution in [0.4, 0.5) is 11.4 Å². The van der Waals surface area contributed by atoms with Crippen LogP contribution in [0.25, 0.3) is 0 Å². The van der Waals surface area contributed by atoms with Gasteiger partial charge in [0.2, 0.25) is 0 Å². The standard InChI is InChI=1S/C21H21N3O/c1-16-8-6-7-9-17(16)15-23-21(25)20-14-19(12-13-22-20)24(2)18-10-4-3-5-11-18/h3-14H,15H2,1-2H3,(H,23,25). The molecule has 0 unspecified atom stereocenters. The van der Waals surface area contributed by atoms with Crippen molar-refractivity contribution in [3.8, 4) is 0 Å². The predicted molar refractivity (Wildman–Crippen MR) is 101 cm³/mol. The predicted octanol–water partition coefficient (Wildman–Crippen LogP) is 4.09. The van der Waals surface area contributed by atoms with Gasteiger partial charge in [-0.15, -0.1) is 0 Å². The number of rotatable bonds is 5. The summed E-state index contributed by atoms with van der Waals surface area (Å²) in [7, 11) is 1.97. The Bertz CT molecular complexity index is 862. The van der Waals surface area contributed by atoms with Crippen molar-refractivity contribution in [1.29, 1.82) is 0 Å². The molecule has 1 heterocycles. The summed E-state index contributed by atoms with van der Waals surface area (Å²) in [6, 6.07) is 21.7. The third-order valence-corrected chi connectivity index (χ3v) is 4.21. The molecule has 1 amide bonds. The Balaban J connectivity index is 1.72. The van der Waals surface area contributed by atoms with E-state index in [1.807, 2.05) is 79.5 Å². The van der Waals surface area contributed by atoms with Crippen LogP contribution in [0, 0.1) is 6.92 Å². The smallest absolute Gasteiger partial charge is 0.270 e. The lowest BCUT2D eigenvalue weighted by Crippen LogP contribution is -2.24. The summed E-state index contributed by atoms with van der Waals surface area (Å²) in [6.45, 7) is 2.53. The second-order valence-electron chi connectivity index (χ2n) is 5.90. The number of amides is 1. The highest BCUT2D eigenvalue weighted by Crippen LogP contribution is 2.23. The second kappa shape index (κ2) is 7.62. The van der Waals surface area contributed by atoms with Crippen LogP contribution < -0.4 is 10.2 Å². The first-order valence-electron chi connectivity index (χ1n) is 8.22. The van der Waals surface area contributed by atoms with Gasteiger partial charge < -0.3 is 10.2 Å². The van der Waals surface area contributed by atoms with Crippen LogP contribution >= 0.6 is 0 Å². The Morgan fingerprint density at radius 3 is 2.48 bits per heavy atom. The van der Waals surface area contributed by atoms with E-state index in [0.717, 1.165) is 22.5 Å². The fraction of sp³-hybridized carbons (Fsp3) is 0.143. The summed E-state index contributed by atoms with van der Waals surface area (Å²) < 4.78 is 0. The van der Waals surface area contributed by atoms with E-state index in [1.54, 1.807) is 12.3 Å². The van der Waals surface area contributed by atoms with E-state index >= 15 is 0 Å². The Kier molecular flexibility index (Phi) is 5.09. The zero-order chi connectivity index (χ0) is 17.6. The first kappa shape index (κ1) is 16.7. The van der Waals surface area contributed by atoms with Gasteiger partial charge in [0.25, 0.3) is 5.91 Å². The van der Waals surface area contributed by atoms with Crippen molar-refractivity contribution < 1.29 is 4.79 Å². The molecular weight excluding hydrogens is 310 g/mol. The van der Waals surface area contributed by atoms with E-state index in [-0.39, 0.29) is 5.91 Å². The van der Waals surface area contributed by atoms with Gasteiger partial charge in [0.05, 0.1) is 0 Å². The molecule has 0 bridgehead atoms. The van der Waals surface area contributed by atoms with Crippen LogP contribution in [-0.4, -0.2) is 17.9 Å². The number of pyridine rings is 1. The molecule has 0 atom stereocenters. The molecule has 0 saturated heterocycles. The van der Waals surface area contributed by atoms with Crippen molar-refractivity contribution in [3.63, 3.8) is 0 Å². The largest absolute Gasteiger partial charge is 0.347 e. The van der Waals surface area contributed by atoms with E-state index < -0.39 is 0 Å². The molecule has 4 nitrogen and oxygen atoms in total. The summed E-state index contributed by atoms with van der Waals surface area (Å²) in [5.41, 5.74) is 4.65. The average molecular weight is 331 g/mol. The fourth-order valence-electron chi connectivity index (χ4n) is 2.63. The lowest BCUT2D eigenvalue weighted by atomic mass is 10.1. The number of hydrogen-bond donors (Lipinski definition) is 1. The highest BCUT2D eigenvalue weighted by molar-refractivity contribution is 5.93. The molecule has 4 heteroatoms. The topological polar surface area (TPSA) is 45.2 Å². The van der Waals surface area contributed by atoms with Gasteiger partial charge in [-0.25, -0.2) is 0 Å². The average Bonchev–Trinajstić information content (AvgIpc) is 2.67. The molecule has 0 radical (unpaired) electrons. The number of carbonyl (C=O) groups excluding carboxylic acids is 1. The van der Waals surface area contributed by atoms with Crippen molar-refractivity contribution in [2.45, 2.75) is 13.5 Å². The molecule has 2 aromatic carbocycles. The minimum atomic E-state index is -0.174. The highest BCUT2D eigenvalue weighted by Gasteiger charge is 2.11. The van der Waals surface area contributed by atoms with Crippen LogP contribution in [-0.2, 0) is 6.54 Å². The molecule has 3 aromatic rings. The first-order valence-corrected chi connectivity index (χ1v) is 8.22. The van der Waals surface area contributed by atoms with Gasteiger partial charge in [-0.3, -0.25) is 9.78 Å². The molecule has 0 spiro atoms. The number of aromatic nitrogens is 1. The van der Waals surface area contributed by atoms with E-state index in [1.165, 1.54) is 0 Å². The van der Waals surface area contributed by atoms with Crippen LogP contribution in [0.1, 0.15) is 21.6 Å². The van der Waals surface area contributed by atoms with E-state index in [9.17, 15) is 4.79 Å². The lowest BCUT2D eigenvalue weighted by molar-refractivity contribution is 0.0946. The van der Waals surface area contributed by atoms with E-state index in [0.29, 0.717) is 12.2 Å². The van der Waals surface area contributed by atoms with Crippen LogP contribution in [0.15, 0.2) is 72.9 Å². The monoisotopic (exact) mass is 331 g/mol. The Morgan fingerprint density at radius 2 is 1.72 bits per heavy atom. The molecule has 25 heavy (non-hydrogen) atoms. The number of para-hydroxylation sites is 1. The molecular formula is C21H21N3O. The van der Waals surface area contributed by atoms with Gasteiger partial charge in [-0.1, -0.05) is 42.5 Å². The molecule has 1 N–H and O–H groups in total. The third kappa shape index (κ3) is 4.04. The molecule has 0 aliphatic rings. The zero-order valence-corrected chi connectivity index (χ0v) is 14.4. The van der Waals surface area contributed by atoms with Crippen molar-refractivity contribution >= 4 is 17.3 Å². The highest BCUT2D eigenvalue weighted by atomic mass is 16.1. The van der Waals surface area contributed by atoms with Crippen LogP contribution in [0.2, 0.25) is 0 Å². The number of anilines is 2. The van der Waals surface area contributed by atoms with Crippen molar-refractivity contribution in [2.75, 3.05) is 11.9 Å². The molecule has 0 fully saturated rings. The number of aryl methyl sites for hydroxylation is 1. The van der Waals surface area contributed by atoms with E-state index in [4.69, 9.17) is 0 Å².